The van der Waals surface area contributed by atoms with Crippen molar-refractivity contribution in [2.75, 3.05) is 13.1 Å². The van der Waals surface area contributed by atoms with Crippen molar-refractivity contribution >= 4 is 11.6 Å². The number of benzene rings is 1. The molecule has 1 heterocycles. The Hall–Kier alpha value is -1.95. The van der Waals surface area contributed by atoms with Gasteiger partial charge >= 0.3 is 0 Å². The van der Waals surface area contributed by atoms with Crippen LogP contribution >= 0.6 is 0 Å². The topological polar surface area (TPSA) is 83.7 Å². The molecule has 1 saturated heterocycles. The molecule has 136 valence electrons. The van der Waals surface area contributed by atoms with Gasteiger partial charge in [-0.3, -0.25) is 14.9 Å². The molecule has 1 aliphatic heterocycles. The largest absolute Gasteiger partial charge is 0.389 e. The first-order chi connectivity index (χ1) is 11.7. The summed E-state index contributed by atoms with van der Waals surface area (Å²) in [4.78, 5) is 25.9. The van der Waals surface area contributed by atoms with Crippen molar-refractivity contribution in [1.29, 1.82) is 0 Å². The molecule has 6 heteroatoms. The number of nitro groups is 1. The molecule has 1 amide bonds. The molecule has 1 aliphatic carbocycles. The number of aryl methyl sites for hydroxylation is 2. The predicted octanol–water partition coefficient (Wildman–Crippen LogP) is 3.29. The Balaban J connectivity index is 1.92. The zero-order valence-corrected chi connectivity index (χ0v) is 15.2. The van der Waals surface area contributed by atoms with Crippen molar-refractivity contribution in [3.8, 4) is 0 Å². The van der Waals surface area contributed by atoms with Crippen LogP contribution in [0.1, 0.15) is 59.2 Å². The zero-order valence-electron chi connectivity index (χ0n) is 15.2. The Morgan fingerprint density at radius 1 is 1.28 bits per heavy atom. The molecular formula is C19H26N2O4. The number of carbonyl (C=O) groups is 1. The molecule has 2 fully saturated rings. The normalized spacial score (nSPS) is 26.2. The van der Waals surface area contributed by atoms with Crippen LogP contribution in [0.3, 0.4) is 0 Å². The van der Waals surface area contributed by atoms with Gasteiger partial charge in [0, 0.05) is 30.1 Å². The van der Waals surface area contributed by atoms with Gasteiger partial charge in [-0.25, -0.2) is 0 Å². The number of likely N-dealkylation sites (tertiary alicyclic amines) is 1. The van der Waals surface area contributed by atoms with E-state index in [4.69, 9.17) is 0 Å². The highest BCUT2D eigenvalue weighted by atomic mass is 16.6. The minimum Gasteiger partial charge on any atom is -0.389 e. The fourth-order valence-corrected chi connectivity index (χ4v) is 4.70. The number of hydrogen-bond acceptors (Lipinski definition) is 4. The van der Waals surface area contributed by atoms with Gasteiger partial charge in [0.25, 0.3) is 11.6 Å². The van der Waals surface area contributed by atoms with Gasteiger partial charge in [0.15, 0.2) is 0 Å². The maximum Gasteiger partial charge on any atom is 0.275 e. The predicted molar refractivity (Wildman–Crippen MR) is 94.7 cm³/mol. The summed E-state index contributed by atoms with van der Waals surface area (Å²) >= 11 is 0. The highest BCUT2D eigenvalue weighted by molar-refractivity contribution is 5.98. The zero-order chi connectivity index (χ0) is 18.4. The minimum atomic E-state index is -0.640. The molecule has 0 radical (unpaired) electrons. The van der Waals surface area contributed by atoms with Crippen LogP contribution in [-0.4, -0.2) is 39.5 Å². The molecule has 0 spiro atoms. The van der Waals surface area contributed by atoms with Gasteiger partial charge in [0.05, 0.1) is 16.1 Å². The van der Waals surface area contributed by atoms with E-state index in [0.717, 1.165) is 31.2 Å². The van der Waals surface area contributed by atoms with Gasteiger partial charge in [0.2, 0.25) is 0 Å². The molecule has 2 unspecified atom stereocenters. The summed E-state index contributed by atoms with van der Waals surface area (Å²) in [5.41, 5.74) is 1.63. The number of nitrogens with zero attached hydrogens (tertiary/aromatic N) is 2. The fraction of sp³-hybridized carbons (Fsp3) is 0.632. The van der Waals surface area contributed by atoms with Crippen LogP contribution < -0.4 is 0 Å². The van der Waals surface area contributed by atoms with Crippen molar-refractivity contribution < 1.29 is 14.8 Å². The van der Waals surface area contributed by atoms with Crippen molar-refractivity contribution in [2.24, 2.45) is 5.92 Å². The maximum atomic E-state index is 13.1. The second-order valence-electron chi connectivity index (χ2n) is 7.66. The molecule has 3 rings (SSSR count). The Labute approximate surface area is 148 Å². The molecule has 25 heavy (non-hydrogen) atoms. The molecule has 1 saturated carbocycles. The third kappa shape index (κ3) is 3.03. The standard InChI is InChI=1S/C19H26N2O4/c1-12-10-13(2)17(21(24)25)14(3)16(12)18(22)20-9-8-19(23)7-5-4-6-15(19)11-20/h10,15,23H,4-9,11H2,1-3H3. The second kappa shape index (κ2) is 6.41. The van der Waals surface area contributed by atoms with Crippen molar-refractivity contribution in [3.63, 3.8) is 0 Å². The first-order valence-electron chi connectivity index (χ1n) is 9.01. The van der Waals surface area contributed by atoms with E-state index >= 15 is 0 Å². The average Bonchev–Trinajstić information content (AvgIpc) is 2.52. The number of aliphatic hydroxyl groups is 1. The fourth-order valence-electron chi connectivity index (χ4n) is 4.70. The monoisotopic (exact) mass is 346 g/mol. The van der Waals surface area contributed by atoms with E-state index in [0.29, 0.717) is 36.2 Å². The minimum absolute atomic E-state index is 0.0279. The van der Waals surface area contributed by atoms with Gasteiger partial charge in [0.1, 0.15) is 0 Å². The number of hydrogen-bond donors (Lipinski definition) is 1. The van der Waals surface area contributed by atoms with E-state index in [1.54, 1.807) is 24.8 Å². The number of amides is 1. The number of rotatable bonds is 2. The molecule has 1 N–H and O–H groups in total. The SMILES string of the molecule is Cc1cc(C)c([N+](=O)[O-])c(C)c1C(=O)N1CCC2(O)CCCCC2C1. The van der Waals surface area contributed by atoms with E-state index in [-0.39, 0.29) is 17.5 Å². The van der Waals surface area contributed by atoms with Gasteiger partial charge in [-0.2, -0.15) is 0 Å². The number of carbonyl (C=O) groups excluding carboxylic acids is 1. The van der Waals surface area contributed by atoms with Crippen LogP contribution in [0.15, 0.2) is 6.07 Å². The van der Waals surface area contributed by atoms with Crippen molar-refractivity contribution in [2.45, 2.75) is 58.5 Å². The lowest BCUT2D eigenvalue weighted by molar-refractivity contribution is -0.386. The van der Waals surface area contributed by atoms with Gasteiger partial charge < -0.3 is 10.0 Å². The molecule has 6 nitrogen and oxygen atoms in total. The highest BCUT2D eigenvalue weighted by Crippen LogP contribution is 2.40. The summed E-state index contributed by atoms with van der Waals surface area (Å²) in [5.74, 6) is -0.0364. The average molecular weight is 346 g/mol. The third-order valence-corrected chi connectivity index (χ3v) is 6.04. The van der Waals surface area contributed by atoms with Crippen molar-refractivity contribution in [3.05, 3.63) is 38.4 Å². The summed E-state index contributed by atoms with van der Waals surface area (Å²) in [7, 11) is 0. The summed E-state index contributed by atoms with van der Waals surface area (Å²) in [5, 5.41) is 22.2. The maximum absolute atomic E-state index is 13.1. The van der Waals surface area contributed by atoms with E-state index in [9.17, 15) is 20.0 Å². The second-order valence-corrected chi connectivity index (χ2v) is 7.66. The lowest BCUT2D eigenvalue weighted by Gasteiger charge is -2.47. The van der Waals surface area contributed by atoms with Crippen LogP contribution in [0.25, 0.3) is 0 Å². The Kier molecular flexibility index (Phi) is 4.58. The molecule has 1 aromatic rings. The summed E-state index contributed by atoms with van der Waals surface area (Å²) in [6.07, 6.45) is 4.47. The van der Waals surface area contributed by atoms with Crippen LogP contribution in [0.5, 0.6) is 0 Å². The lowest BCUT2D eigenvalue weighted by Crippen LogP contribution is -2.54. The summed E-state index contributed by atoms with van der Waals surface area (Å²) < 4.78 is 0. The summed E-state index contributed by atoms with van der Waals surface area (Å²) in [6.45, 7) is 6.24. The third-order valence-electron chi connectivity index (χ3n) is 6.04. The lowest BCUT2D eigenvalue weighted by atomic mass is 9.71. The van der Waals surface area contributed by atoms with Crippen LogP contribution in [0.2, 0.25) is 0 Å². The Bertz CT molecular complexity index is 731. The Morgan fingerprint density at radius 2 is 2.00 bits per heavy atom. The smallest absolute Gasteiger partial charge is 0.275 e. The molecular weight excluding hydrogens is 320 g/mol. The van der Waals surface area contributed by atoms with E-state index < -0.39 is 10.5 Å². The van der Waals surface area contributed by atoms with E-state index in [1.807, 2.05) is 6.92 Å². The quantitative estimate of drug-likeness (QED) is 0.658. The first-order valence-corrected chi connectivity index (χ1v) is 9.01. The highest BCUT2D eigenvalue weighted by Gasteiger charge is 2.44. The van der Waals surface area contributed by atoms with E-state index in [2.05, 4.69) is 0 Å². The van der Waals surface area contributed by atoms with Gasteiger partial charge in [-0.05, 0) is 51.7 Å². The van der Waals surface area contributed by atoms with Gasteiger partial charge in [-0.1, -0.05) is 12.8 Å². The van der Waals surface area contributed by atoms with Crippen molar-refractivity contribution in [1.82, 2.24) is 4.90 Å². The van der Waals surface area contributed by atoms with Crippen LogP contribution in [-0.2, 0) is 0 Å². The first kappa shape index (κ1) is 17.9. The molecule has 0 aromatic heterocycles. The summed E-state index contributed by atoms with van der Waals surface area (Å²) in [6, 6.07) is 1.72. The number of nitro benzene ring substituents is 1. The number of piperidine rings is 1. The molecule has 0 bridgehead atoms. The molecule has 2 aliphatic rings. The number of fused-ring (bicyclic) bond motifs is 1. The van der Waals surface area contributed by atoms with Gasteiger partial charge in [-0.15, -0.1) is 0 Å². The molecule has 1 aromatic carbocycles. The van der Waals surface area contributed by atoms with Crippen LogP contribution in [0, 0.1) is 36.8 Å². The van der Waals surface area contributed by atoms with Crippen LogP contribution in [0.4, 0.5) is 5.69 Å². The Morgan fingerprint density at radius 3 is 2.68 bits per heavy atom. The molecule has 2 atom stereocenters. The van der Waals surface area contributed by atoms with E-state index in [1.165, 1.54) is 0 Å².